The van der Waals surface area contributed by atoms with Crippen LogP contribution in [0.2, 0.25) is 0 Å². The number of aromatic amines is 1. The normalized spacial score (nSPS) is 12.1. The smallest absolute Gasteiger partial charge is 0.254 e. The lowest BCUT2D eigenvalue weighted by atomic mass is 10.2. The number of rotatable bonds is 3. The number of hydrogen-bond acceptors (Lipinski definition) is 6. The van der Waals surface area contributed by atoms with Crippen molar-refractivity contribution in [3.8, 4) is 0 Å². The molecular formula is C8H9N7O. The van der Waals surface area contributed by atoms with Gasteiger partial charge in [-0.2, -0.15) is 5.21 Å². The van der Waals surface area contributed by atoms with Crippen molar-refractivity contribution in [1.29, 1.82) is 0 Å². The first-order valence-electron chi connectivity index (χ1n) is 4.56. The first-order chi connectivity index (χ1) is 7.77. The lowest BCUT2D eigenvalue weighted by Crippen LogP contribution is -2.27. The molecule has 1 atom stereocenters. The lowest BCUT2D eigenvalue weighted by Gasteiger charge is -2.08. The van der Waals surface area contributed by atoms with Crippen LogP contribution in [0.5, 0.6) is 0 Å². The SMILES string of the molecule is CC(NC(=O)c1cncnc1)c1nn[nH]n1. The topological polar surface area (TPSA) is 109 Å². The van der Waals surface area contributed by atoms with Gasteiger partial charge in [-0.25, -0.2) is 9.97 Å². The molecule has 8 heteroatoms. The predicted octanol–water partition coefficient (Wildman–Crippen LogP) is -0.519. The van der Waals surface area contributed by atoms with E-state index in [1.54, 1.807) is 6.92 Å². The van der Waals surface area contributed by atoms with Crippen molar-refractivity contribution in [2.24, 2.45) is 0 Å². The van der Waals surface area contributed by atoms with Gasteiger partial charge >= 0.3 is 0 Å². The summed E-state index contributed by atoms with van der Waals surface area (Å²) >= 11 is 0. The third kappa shape index (κ3) is 2.16. The molecule has 0 spiro atoms. The van der Waals surface area contributed by atoms with Gasteiger partial charge in [-0.3, -0.25) is 4.79 Å². The van der Waals surface area contributed by atoms with Gasteiger partial charge in [0.2, 0.25) is 0 Å². The monoisotopic (exact) mass is 219 g/mol. The molecule has 0 fully saturated rings. The second-order valence-electron chi connectivity index (χ2n) is 3.09. The fraction of sp³-hybridized carbons (Fsp3) is 0.250. The highest BCUT2D eigenvalue weighted by molar-refractivity contribution is 5.93. The van der Waals surface area contributed by atoms with Crippen LogP contribution in [0, 0.1) is 0 Å². The first-order valence-corrected chi connectivity index (χ1v) is 4.56. The summed E-state index contributed by atoms with van der Waals surface area (Å²) in [6.07, 6.45) is 4.23. The standard InChI is InChI=1S/C8H9N7O/c1-5(7-12-14-15-13-7)11-8(16)6-2-9-4-10-3-6/h2-5H,1H3,(H,11,16)(H,12,13,14,15). The molecule has 16 heavy (non-hydrogen) atoms. The van der Waals surface area contributed by atoms with Crippen molar-refractivity contribution in [2.75, 3.05) is 0 Å². The number of nitrogens with one attached hydrogen (secondary N) is 2. The molecule has 0 aromatic carbocycles. The molecule has 0 saturated carbocycles. The van der Waals surface area contributed by atoms with Crippen LogP contribution in [-0.4, -0.2) is 36.5 Å². The van der Waals surface area contributed by atoms with E-state index in [-0.39, 0.29) is 11.9 Å². The number of H-pyrrole nitrogens is 1. The van der Waals surface area contributed by atoms with E-state index in [2.05, 4.69) is 35.9 Å². The zero-order valence-corrected chi connectivity index (χ0v) is 8.45. The van der Waals surface area contributed by atoms with Crippen LogP contribution < -0.4 is 5.32 Å². The quantitative estimate of drug-likeness (QED) is 0.718. The predicted molar refractivity (Wildman–Crippen MR) is 52.1 cm³/mol. The Balaban J connectivity index is 2.03. The highest BCUT2D eigenvalue weighted by Gasteiger charge is 2.14. The minimum Gasteiger partial charge on any atom is -0.342 e. The molecule has 1 amide bonds. The van der Waals surface area contributed by atoms with Crippen molar-refractivity contribution < 1.29 is 4.79 Å². The summed E-state index contributed by atoms with van der Waals surface area (Å²) in [4.78, 5) is 19.2. The molecule has 0 saturated heterocycles. The molecule has 2 N–H and O–H groups in total. The Kier molecular flexibility index (Phi) is 2.81. The lowest BCUT2D eigenvalue weighted by molar-refractivity contribution is 0.0937. The molecule has 0 bridgehead atoms. The number of nitrogens with zero attached hydrogens (tertiary/aromatic N) is 5. The number of amides is 1. The van der Waals surface area contributed by atoms with Crippen molar-refractivity contribution in [3.05, 3.63) is 30.1 Å². The van der Waals surface area contributed by atoms with Crippen LogP contribution >= 0.6 is 0 Å². The maximum atomic E-state index is 11.7. The van der Waals surface area contributed by atoms with Gasteiger partial charge in [-0.1, -0.05) is 5.21 Å². The summed E-state index contributed by atoms with van der Waals surface area (Å²) in [5, 5.41) is 16.0. The van der Waals surface area contributed by atoms with Crippen LogP contribution in [0.4, 0.5) is 0 Å². The highest BCUT2D eigenvalue weighted by Crippen LogP contribution is 2.04. The largest absolute Gasteiger partial charge is 0.342 e. The molecule has 8 nitrogen and oxygen atoms in total. The molecule has 0 aliphatic carbocycles. The second-order valence-corrected chi connectivity index (χ2v) is 3.09. The van der Waals surface area contributed by atoms with Crippen LogP contribution in [0.1, 0.15) is 29.1 Å². The third-order valence-corrected chi connectivity index (χ3v) is 1.92. The number of tetrazole rings is 1. The van der Waals surface area contributed by atoms with E-state index in [1.165, 1.54) is 18.7 Å². The summed E-state index contributed by atoms with van der Waals surface area (Å²) in [6.45, 7) is 1.76. The summed E-state index contributed by atoms with van der Waals surface area (Å²) in [5.74, 6) is 0.142. The van der Waals surface area contributed by atoms with Crippen molar-refractivity contribution in [1.82, 2.24) is 35.9 Å². The van der Waals surface area contributed by atoms with Crippen molar-refractivity contribution in [2.45, 2.75) is 13.0 Å². The van der Waals surface area contributed by atoms with E-state index in [0.29, 0.717) is 11.4 Å². The number of hydrogen-bond donors (Lipinski definition) is 2. The second kappa shape index (κ2) is 4.43. The van der Waals surface area contributed by atoms with E-state index < -0.39 is 0 Å². The zero-order chi connectivity index (χ0) is 11.4. The van der Waals surface area contributed by atoms with Crippen LogP contribution in [0.15, 0.2) is 18.7 Å². The summed E-state index contributed by atoms with van der Waals surface area (Å²) in [5.41, 5.74) is 0.387. The molecule has 2 aromatic heterocycles. The average Bonchev–Trinajstić information content (AvgIpc) is 2.83. The van der Waals surface area contributed by atoms with E-state index in [4.69, 9.17) is 0 Å². The van der Waals surface area contributed by atoms with Gasteiger partial charge in [-0.05, 0) is 6.92 Å². The Hall–Kier alpha value is -2.38. The number of carbonyl (C=O) groups excluding carboxylic acids is 1. The van der Waals surface area contributed by atoms with Gasteiger partial charge in [0.05, 0.1) is 11.6 Å². The molecule has 0 aliphatic rings. The minimum atomic E-state index is -0.327. The van der Waals surface area contributed by atoms with Crippen molar-refractivity contribution in [3.63, 3.8) is 0 Å². The number of carbonyl (C=O) groups is 1. The Bertz CT molecular complexity index is 455. The Labute approximate surface area is 90.5 Å². The number of aromatic nitrogens is 6. The van der Waals surface area contributed by atoms with E-state index in [1.807, 2.05) is 0 Å². The minimum absolute atomic E-state index is 0.280. The van der Waals surface area contributed by atoms with Crippen LogP contribution in [0.25, 0.3) is 0 Å². The summed E-state index contributed by atoms with van der Waals surface area (Å²) in [7, 11) is 0. The molecule has 82 valence electrons. The van der Waals surface area contributed by atoms with E-state index >= 15 is 0 Å². The van der Waals surface area contributed by atoms with Gasteiger partial charge in [-0.15, -0.1) is 10.2 Å². The average molecular weight is 219 g/mol. The maximum Gasteiger partial charge on any atom is 0.254 e. The van der Waals surface area contributed by atoms with Crippen molar-refractivity contribution >= 4 is 5.91 Å². The Morgan fingerprint density at radius 2 is 2.19 bits per heavy atom. The fourth-order valence-electron chi connectivity index (χ4n) is 1.11. The molecule has 2 aromatic rings. The van der Waals surface area contributed by atoms with E-state index in [0.717, 1.165) is 0 Å². The summed E-state index contributed by atoms with van der Waals surface area (Å²) < 4.78 is 0. The molecule has 2 heterocycles. The summed E-state index contributed by atoms with van der Waals surface area (Å²) in [6, 6.07) is -0.327. The fourth-order valence-corrected chi connectivity index (χ4v) is 1.11. The third-order valence-electron chi connectivity index (χ3n) is 1.92. The van der Waals surface area contributed by atoms with Gasteiger partial charge in [0.15, 0.2) is 5.82 Å². The van der Waals surface area contributed by atoms with Gasteiger partial charge < -0.3 is 5.32 Å². The van der Waals surface area contributed by atoms with Crippen LogP contribution in [0.3, 0.4) is 0 Å². The molecule has 0 aliphatic heterocycles. The van der Waals surface area contributed by atoms with Gasteiger partial charge in [0.25, 0.3) is 5.91 Å². The molecule has 1 unspecified atom stereocenters. The first kappa shape index (κ1) is 10.1. The Morgan fingerprint density at radius 1 is 1.44 bits per heavy atom. The van der Waals surface area contributed by atoms with Gasteiger partial charge in [0.1, 0.15) is 6.33 Å². The highest BCUT2D eigenvalue weighted by atomic mass is 16.1. The van der Waals surface area contributed by atoms with Crippen LogP contribution in [-0.2, 0) is 0 Å². The Morgan fingerprint density at radius 3 is 2.81 bits per heavy atom. The molecule has 2 rings (SSSR count). The maximum absolute atomic E-state index is 11.7. The van der Waals surface area contributed by atoms with E-state index in [9.17, 15) is 4.79 Å². The zero-order valence-electron chi connectivity index (χ0n) is 8.45. The molecule has 0 radical (unpaired) electrons. The molecular weight excluding hydrogens is 210 g/mol. The van der Waals surface area contributed by atoms with Gasteiger partial charge in [0, 0.05) is 12.4 Å².